The van der Waals surface area contributed by atoms with Gasteiger partial charge in [0, 0.05) is 25.3 Å². The normalized spacial score (nSPS) is 16.5. The second kappa shape index (κ2) is 8.27. The molecule has 3 heterocycles. The Morgan fingerprint density at radius 3 is 2.77 bits per heavy atom. The van der Waals surface area contributed by atoms with Gasteiger partial charge < -0.3 is 19.3 Å². The zero-order valence-electron chi connectivity index (χ0n) is 15.3. The maximum atomic E-state index is 12.8. The molecule has 0 bridgehead atoms. The maximum absolute atomic E-state index is 12.8. The van der Waals surface area contributed by atoms with Gasteiger partial charge in [0.25, 0.3) is 5.91 Å². The minimum atomic E-state index is -0.378. The topological polar surface area (TPSA) is 99.4 Å². The lowest BCUT2D eigenvalue weighted by Gasteiger charge is -2.28. The third kappa shape index (κ3) is 4.01. The fourth-order valence-electron chi connectivity index (χ4n) is 2.98. The van der Waals surface area contributed by atoms with Crippen LogP contribution in [0.15, 0.2) is 22.9 Å². The number of carbonyl (C=O) groups excluding carboxylic acids is 1. The van der Waals surface area contributed by atoms with Gasteiger partial charge in [-0.2, -0.15) is 4.98 Å². The lowest BCUT2D eigenvalue weighted by atomic mass is 9.91. The Labute approximate surface area is 152 Å². The van der Waals surface area contributed by atoms with Crippen LogP contribution in [-0.2, 0) is 4.74 Å². The standard InChI is InChI=1S/C18H24N4O4/c1-11(2)15-21-18(26-22-15)14(12-6-9-25-10-7-12)20-16(23)13-5-4-8-19-17(13)24-3/h4-5,8,11-12,14H,6-7,9-10H2,1-3H3,(H,20,23). The second-order valence-electron chi connectivity index (χ2n) is 6.61. The number of carbonyl (C=O) groups is 1. The van der Waals surface area contributed by atoms with E-state index in [0.717, 1.165) is 12.8 Å². The van der Waals surface area contributed by atoms with Crippen molar-refractivity contribution in [3.05, 3.63) is 35.6 Å². The van der Waals surface area contributed by atoms with Crippen molar-refractivity contribution in [2.24, 2.45) is 5.92 Å². The van der Waals surface area contributed by atoms with Gasteiger partial charge in [-0.25, -0.2) is 4.98 Å². The number of ether oxygens (including phenoxy) is 2. The van der Waals surface area contributed by atoms with Crippen molar-refractivity contribution >= 4 is 5.91 Å². The molecule has 1 aliphatic rings. The van der Waals surface area contributed by atoms with E-state index in [-0.39, 0.29) is 29.7 Å². The summed E-state index contributed by atoms with van der Waals surface area (Å²) in [6.45, 7) is 5.30. The number of amides is 1. The summed E-state index contributed by atoms with van der Waals surface area (Å²) in [5.74, 6) is 1.37. The molecule has 8 nitrogen and oxygen atoms in total. The first-order valence-corrected chi connectivity index (χ1v) is 8.81. The second-order valence-corrected chi connectivity index (χ2v) is 6.61. The van der Waals surface area contributed by atoms with Gasteiger partial charge in [0.2, 0.25) is 11.8 Å². The van der Waals surface area contributed by atoms with Gasteiger partial charge in [-0.1, -0.05) is 19.0 Å². The molecule has 2 aromatic rings. The van der Waals surface area contributed by atoms with Gasteiger partial charge in [0.1, 0.15) is 11.6 Å². The number of nitrogens with zero attached hydrogens (tertiary/aromatic N) is 3. The Balaban J connectivity index is 1.86. The first kappa shape index (κ1) is 18.3. The molecular weight excluding hydrogens is 336 g/mol. The fraction of sp³-hybridized carbons (Fsp3) is 0.556. The molecule has 1 atom stereocenters. The smallest absolute Gasteiger partial charge is 0.257 e. The Morgan fingerprint density at radius 2 is 2.12 bits per heavy atom. The number of rotatable bonds is 6. The van der Waals surface area contributed by atoms with Crippen molar-refractivity contribution < 1.29 is 18.8 Å². The highest BCUT2D eigenvalue weighted by molar-refractivity contribution is 5.96. The van der Waals surface area contributed by atoms with Crippen LogP contribution in [-0.4, -0.2) is 41.4 Å². The predicted octanol–water partition coefficient (Wildman–Crippen LogP) is 2.49. The van der Waals surface area contributed by atoms with Crippen molar-refractivity contribution in [3.8, 4) is 5.88 Å². The monoisotopic (exact) mass is 360 g/mol. The summed E-state index contributed by atoms with van der Waals surface area (Å²) in [7, 11) is 1.49. The molecule has 2 aromatic heterocycles. The van der Waals surface area contributed by atoms with Crippen molar-refractivity contribution in [2.75, 3.05) is 20.3 Å². The van der Waals surface area contributed by atoms with Crippen LogP contribution in [0.5, 0.6) is 5.88 Å². The average Bonchev–Trinajstić information content (AvgIpc) is 3.16. The maximum Gasteiger partial charge on any atom is 0.257 e. The van der Waals surface area contributed by atoms with Crippen LogP contribution in [0.3, 0.4) is 0 Å². The number of methoxy groups -OCH3 is 1. The van der Waals surface area contributed by atoms with E-state index < -0.39 is 0 Å². The van der Waals surface area contributed by atoms with Crippen LogP contribution in [0, 0.1) is 5.92 Å². The summed E-state index contributed by atoms with van der Waals surface area (Å²) in [6.07, 6.45) is 3.21. The van der Waals surface area contributed by atoms with E-state index >= 15 is 0 Å². The van der Waals surface area contributed by atoms with Crippen molar-refractivity contribution in [1.82, 2.24) is 20.4 Å². The molecule has 3 rings (SSSR count). The van der Waals surface area contributed by atoms with Crippen LogP contribution >= 0.6 is 0 Å². The lowest BCUT2D eigenvalue weighted by Crippen LogP contribution is -2.36. The van der Waals surface area contributed by atoms with E-state index in [9.17, 15) is 4.79 Å². The van der Waals surface area contributed by atoms with Crippen molar-refractivity contribution in [3.63, 3.8) is 0 Å². The van der Waals surface area contributed by atoms with Crippen LogP contribution in [0.4, 0.5) is 0 Å². The van der Waals surface area contributed by atoms with Gasteiger partial charge >= 0.3 is 0 Å². The average molecular weight is 360 g/mol. The molecule has 0 spiro atoms. The number of pyridine rings is 1. The molecule has 0 aromatic carbocycles. The molecule has 1 aliphatic heterocycles. The Kier molecular flexibility index (Phi) is 5.82. The molecule has 1 fully saturated rings. The molecule has 0 saturated carbocycles. The minimum absolute atomic E-state index is 0.150. The van der Waals surface area contributed by atoms with Crippen LogP contribution in [0.25, 0.3) is 0 Å². The van der Waals surface area contributed by atoms with E-state index in [2.05, 4.69) is 20.4 Å². The molecule has 1 unspecified atom stereocenters. The SMILES string of the molecule is COc1ncccc1C(=O)NC(c1nc(C(C)C)no1)C1CCOCC1. The quantitative estimate of drug-likeness (QED) is 0.845. The summed E-state index contributed by atoms with van der Waals surface area (Å²) in [5, 5.41) is 7.08. The van der Waals surface area contributed by atoms with Crippen molar-refractivity contribution in [1.29, 1.82) is 0 Å². The minimum Gasteiger partial charge on any atom is -0.480 e. The van der Waals surface area contributed by atoms with Gasteiger partial charge in [0.05, 0.1) is 7.11 Å². The molecule has 1 N–H and O–H groups in total. The third-order valence-electron chi connectivity index (χ3n) is 4.47. The molecular formula is C18H24N4O4. The van der Waals surface area contributed by atoms with E-state index in [4.69, 9.17) is 14.0 Å². The summed E-state index contributed by atoms with van der Waals surface area (Å²) in [6, 6.07) is 3.00. The van der Waals surface area contributed by atoms with Crippen LogP contribution in [0.2, 0.25) is 0 Å². The highest BCUT2D eigenvalue weighted by Gasteiger charge is 2.32. The summed E-state index contributed by atoms with van der Waals surface area (Å²) in [4.78, 5) is 21.4. The molecule has 26 heavy (non-hydrogen) atoms. The Hall–Kier alpha value is -2.48. The van der Waals surface area contributed by atoms with Gasteiger partial charge in [0.15, 0.2) is 5.82 Å². The lowest BCUT2D eigenvalue weighted by molar-refractivity contribution is 0.0467. The Morgan fingerprint density at radius 1 is 1.35 bits per heavy atom. The Bertz CT molecular complexity index is 740. The predicted molar refractivity (Wildman–Crippen MR) is 92.9 cm³/mol. The largest absolute Gasteiger partial charge is 0.480 e. The van der Waals surface area contributed by atoms with E-state index in [1.165, 1.54) is 7.11 Å². The molecule has 1 amide bonds. The van der Waals surface area contributed by atoms with E-state index in [0.29, 0.717) is 30.5 Å². The van der Waals surface area contributed by atoms with Crippen LogP contribution in [0.1, 0.15) is 60.7 Å². The number of aromatic nitrogens is 3. The zero-order chi connectivity index (χ0) is 18.5. The molecule has 1 saturated heterocycles. The first-order chi connectivity index (χ1) is 12.6. The van der Waals surface area contributed by atoms with Crippen LogP contribution < -0.4 is 10.1 Å². The molecule has 0 radical (unpaired) electrons. The third-order valence-corrected chi connectivity index (χ3v) is 4.47. The molecule has 8 heteroatoms. The summed E-state index contributed by atoms with van der Waals surface area (Å²) >= 11 is 0. The zero-order valence-corrected chi connectivity index (χ0v) is 15.3. The van der Waals surface area contributed by atoms with Gasteiger partial charge in [-0.15, -0.1) is 0 Å². The summed E-state index contributed by atoms with van der Waals surface area (Å²) < 4.78 is 16.1. The van der Waals surface area contributed by atoms with Crippen molar-refractivity contribution in [2.45, 2.75) is 38.6 Å². The van der Waals surface area contributed by atoms with Gasteiger partial charge in [-0.05, 0) is 30.9 Å². The number of nitrogens with one attached hydrogen (secondary N) is 1. The highest BCUT2D eigenvalue weighted by atomic mass is 16.5. The number of hydrogen-bond donors (Lipinski definition) is 1. The fourth-order valence-corrected chi connectivity index (χ4v) is 2.98. The number of hydrogen-bond acceptors (Lipinski definition) is 7. The molecule has 140 valence electrons. The summed E-state index contributed by atoms with van der Waals surface area (Å²) in [5.41, 5.74) is 0.371. The highest BCUT2D eigenvalue weighted by Crippen LogP contribution is 2.30. The van der Waals surface area contributed by atoms with E-state index in [1.807, 2.05) is 13.8 Å². The molecule has 0 aliphatic carbocycles. The first-order valence-electron chi connectivity index (χ1n) is 8.81. The van der Waals surface area contributed by atoms with E-state index in [1.54, 1.807) is 18.3 Å². The van der Waals surface area contributed by atoms with Gasteiger partial charge in [-0.3, -0.25) is 4.79 Å².